The summed E-state index contributed by atoms with van der Waals surface area (Å²) in [4.78, 5) is 2.22. The van der Waals surface area contributed by atoms with Gasteiger partial charge in [-0.05, 0) is 38.2 Å². The van der Waals surface area contributed by atoms with Crippen LogP contribution in [-0.2, 0) is 0 Å². The minimum absolute atomic E-state index is 0.174. The van der Waals surface area contributed by atoms with E-state index < -0.39 is 0 Å². The van der Waals surface area contributed by atoms with E-state index in [0.29, 0.717) is 6.04 Å². The number of rotatable bonds is 6. The van der Waals surface area contributed by atoms with E-state index in [2.05, 4.69) is 55.5 Å². The number of thiophene rings is 1. The maximum absolute atomic E-state index is 6.22. The first-order valence-electron chi connectivity index (χ1n) is 6.88. The third-order valence-electron chi connectivity index (χ3n) is 3.57. The van der Waals surface area contributed by atoms with Crippen LogP contribution in [0.3, 0.4) is 0 Å². The topological polar surface area (TPSA) is 15.3 Å². The van der Waals surface area contributed by atoms with Crippen LogP contribution >= 0.6 is 34.5 Å². The first kappa shape index (κ1) is 16.8. The standard InChI is InChI=1S/C16H20Cl2N2S/c1-11(13-9-15(17)21-16(13)18)19-10-14(20(2)3)12-7-5-4-6-8-12/h4-9,11,14,19H,10H2,1-3H3. The van der Waals surface area contributed by atoms with Crippen molar-refractivity contribution in [3.63, 3.8) is 0 Å². The van der Waals surface area contributed by atoms with Crippen LogP contribution in [0.5, 0.6) is 0 Å². The predicted molar refractivity (Wildman–Crippen MR) is 93.6 cm³/mol. The minimum atomic E-state index is 0.174. The largest absolute Gasteiger partial charge is 0.308 e. The van der Waals surface area contributed by atoms with Gasteiger partial charge < -0.3 is 10.2 Å². The van der Waals surface area contributed by atoms with Gasteiger partial charge in [0.1, 0.15) is 0 Å². The van der Waals surface area contributed by atoms with Gasteiger partial charge in [-0.3, -0.25) is 0 Å². The number of hydrogen-bond donors (Lipinski definition) is 1. The Morgan fingerprint density at radius 3 is 2.38 bits per heavy atom. The molecule has 0 bridgehead atoms. The second-order valence-electron chi connectivity index (χ2n) is 5.30. The Morgan fingerprint density at radius 1 is 1.19 bits per heavy atom. The first-order chi connectivity index (χ1) is 9.99. The lowest BCUT2D eigenvalue weighted by Gasteiger charge is -2.27. The molecule has 5 heteroatoms. The molecular weight excluding hydrogens is 323 g/mol. The van der Waals surface area contributed by atoms with Crippen LogP contribution in [0.2, 0.25) is 8.67 Å². The molecule has 0 spiro atoms. The molecule has 21 heavy (non-hydrogen) atoms. The van der Waals surface area contributed by atoms with Crippen LogP contribution in [0.25, 0.3) is 0 Å². The summed E-state index contributed by atoms with van der Waals surface area (Å²) in [6, 6.07) is 12.9. The summed E-state index contributed by atoms with van der Waals surface area (Å²) in [5, 5.41) is 3.55. The van der Waals surface area contributed by atoms with Gasteiger partial charge in [0, 0.05) is 18.6 Å². The van der Waals surface area contributed by atoms with Gasteiger partial charge in [-0.1, -0.05) is 53.5 Å². The molecule has 0 aliphatic heterocycles. The van der Waals surface area contributed by atoms with Gasteiger partial charge in [0.05, 0.1) is 8.67 Å². The van der Waals surface area contributed by atoms with Gasteiger partial charge in [0.25, 0.3) is 0 Å². The van der Waals surface area contributed by atoms with Crippen molar-refractivity contribution in [3.05, 3.63) is 56.2 Å². The zero-order valence-corrected chi connectivity index (χ0v) is 14.8. The molecule has 0 saturated heterocycles. The highest BCUT2D eigenvalue weighted by molar-refractivity contribution is 7.20. The quantitative estimate of drug-likeness (QED) is 0.793. The smallest absolute Gasteiger partial charge is 0.0991 e. The Bertz CT molecular complexity index is 569. The molecule has 0 radical (unpaired) electrons. The van der Waals surface area contributed by atoms with E-state index in [1.807, 2.05) is 12.1 Å². The Hall–Kier alpha value is -0.580. The molecule has 1 aromatic carbocycles. The zero-order valence-electron chi connectivity index (χ0n) is 12.4. The fourth-order valence-corrected chi connectivity index (χ4v) is 3.97. The summed E-state index contributed by atoms with van der Waals surface area (Å²) >= 11 is 13.7. The summed E-state index contributed by atoms with van der Waals surface area (Å²) in [7, 11) is 4.19. The van der Waals surface area contributed by atoms with Crippen molar-refractivity contribution in [1.29, 1.82) is 0 Å². The second kappa shape index (κ2) is 7.61. The Morgan fingerprint density at radius 2 is 1.86 bits per heavy atom. The lowest BCUT2D eigenvalue weighted by molar-refractivity contribution is 0.282. The molecule has 1 N–H and O–H groups in total. The highest BCUT2D eigenvalue weighted by Crippen LogP contribution is 2.35. The van der Waals surface area contributed by atoms with Gasteiger partial charge in [-0.25, -0.2) is 0 Å². The van der Waals surface area contributed by atoms with E-state index in [1.165, 1.54) is 16.9 Å². The molecular formula is C16H20Cl2N2S. The zero-order chi connectivity index (χ0) is 15.4. The first-order valence-corrected chi connectivity index (χ1v) is 8.45. The maximum Gasteiger partial charge on any atom is 0.0991 e. The average Bonchev–Trinajstić information content (AvgIpc) is 2.78. The lowest BCUT2D eigenvalue weighted by Crippen LogP contribution is -2.32. The fourth-order valence-electron chi connectivity index (χ4n) is 2.32. The van der Waals surface area contributed by atoms with Crippen molar-refractivity contribution in [1.82, 2.24) is 10.2 Å². The average molecular weight is 343 g/mol. The highest BCUT2D eigenvalue weighted by Gasteiger charge is 2.17. The molecule has 2 atom stereocenters. The molecule has 0 aliphatic rings. The molecule has 0 amide bonds. The minimum Gasteiger partial charge on any atom is -0.308 e. The fraction of sp³-hybridized carbons (Fsp3) is 0.375. The number of nitrogens with one attached hydrogen (secondary N) is 1. The monoisotopic (exact) mass is 342 g/mol. The SMILES string of the molecule is CC(NCC(c1ccccc1)N(C)C)c1cc(Cl)sc1Cl. The van der Waals surface area contributed by atoms with E-state index in [-0.39, 0.29) is 6.04 Å². The summed E-state index contributed by atoms with van der Waals surface area (Å²) in [5.74, 6) is 0. The molecule has 1 aromatic heterocycles. The Balaban J connectivity index is 2.04. The predicted octanol–water partition coefficient (Wildman–Crippen LogP) is 5.01. The van der Waals surface area contributed by atoms with E-state index >= 15 is 0 Å². The van der Waals surface area contributed by atoms with Gasteiger partial charge >= 0.3 is 0 Å². The van der Waals surface area contributed by atoms with Crippen LogP contribution < -0.4 is 5.32 Å². The van der Waals surface area contributed by atoms with Crippen LogP contribution in [-0.4, -0.2) is 25.5 Å². The molecule has 2 nitrogen and oxygen atoms in total. The third-order valence-corrected chi connectivity index (χ3v) is 5.09. The van der Waals surface area contributed by atoms with Gasteiger partial charge in [-0.2, -0.15) is 0 Å². The molecule has 1 heterocycles. The van der Waals surface area contributed by atoms with Crippen LogP contribution in [0.15, 0.2) is 36.4 Å². The van der Waals surface area contributed by atoms with Gasteiger partial charge in [0.15, 0.2) is 0 Å². The summed E-state index contributed by atoms with van der Waals surface area (Å²) in [5.41, 5.74) is 2.37. The summed E-state index contributed by atoms with van der Waals surface area (Å²) in [6.07, 6.45) is 0. The summed E-state index contributed by atoms with van der Waals surface area (Å²) in [6.45, 7) is 2.96. The maximum atomic E-state index is 6.22. The van der Waals surface area contributed by atoms with Crippen molar-refractivity contribution in [2.75, 3.05) is 20.6 Å². The Kier molecular flexibility index (Phi) is 6.08. The second-order valence-corrected chi connectivity index (χ2v) is 7.59. The normalized spacial score (nSPS) is 14.4. The van der Waals surface area contributed by atoms with Gasteiger partial charge in [-0.15, -0.1) is 11.3 Å². The lowest BCUT2D eigenvalue weighted by atomic mass is 10.1. The van der Waals surface area contributed by atoms with Crippen molar-refractivity contribution < 1.29 is 0 Å². The number of nitrogens with zero attached hydrogens (tertiary/aromatic N) is 1. The molecule has 2 rings (SSSR count). The Labute approximate surface area is 140 Å². The number of hydrogen-bond acceptors (Lipinski definition) is 3. The number of likely N-dealkylation sites (N-methyl/N-ethyl adjacent to an activating group) is 1. The van der Waals surface area contributed by atoms with E-state index in [4.69, 9.17) is 23.2 Å². The van der Waals surface area contributed by atoms with E-state index in [0.717, 1.165) is 20.8 Å². The molecule has 0 aliphatic carbocycles. The molecule has 2 unspecified atom stereocenters. The van der Waals surface area contributed by atoms with Crippen molar-refractivity contribution in [3.8, 4) is 0 Å². The van der Waals surface area contributed by atoms with E-state index in [1.54, 1.807) is 0 Å². The van der Waals surface area contributed by atoms with Crippen LogP contribution in [0.1, 0.15) is 30.1 Å². The van der Waals surface area contributed by atoms with Gasteiger partial charge in [0.2, 0.25) is 0 Å². The summed E-state index contributed by atoms with van der Waals surface area (Å²) < 4.78 is 1.50. The number of halogens is 2. The molecule has 0 saturated carbocycles. The highest BCUT2D eigenvalue weighted by atomic mass is 35.5. The van der Waals surface area contributed by atoms with Crippen molar-refractivity contribution >= 4 is 34.5 Å². The van der Waals surface area contributed by atoms with Crippen LogP contribution in [0, 0.1) is 0 Å². The number of benzene rings is 1. The molecule has 2 aromatic rings. The van der Waals surface area contributed by atoms with Crippen LogP contribution in [0.4, 0.5) is 0 Å². The molecule has 0 fully saturated rings. The third kappa shape index (κ3) is 4.44. The van der Waals surface area contributed by atoms with Crippen molar-refractivity contribution in [2.24, 2.45) is 0 Å². The molecule has 114 valence electrons. The van der Waals surface area contributed by atoms with E-state index in [9.17, 15) is 0 Å². The van der Waals surface area contributed by atoms with Crippen molar-refractivity contribution in [2.45, 2.75) is 19.0 Å².